The van der Waals surface area contributed by atoms with Crippen molar-refractivity contribution in [1.82, 2.24) is 10.2 Å². The number of rotatable bonds is 7. The van der Waals surface area contributed by atoms with Crippen molar-refractivity contribution in [2.75, 3.05) is 17.7 Å². The molecule has 0 saturated heterocycles. The lowest BCUT2D eigenvalue weighted by Crippen LogP contribution is -2.22. The SMILES string of the molecule is COc1ccc(C)cc1NC(=O)C(C)Sc1nnc(NC2CC2)s1. The third-order valence-corrected chi connectivity index (χ3v) is 5.61. The Hall–Kier alpha value is -1.80. The van der Waals surface area contributed by atoms with E-state index in [1.54, 1.807) is 7.11 Å². The van der Waals surface area contributed by atoms with Gasteiger partial charge in [-0.15, -0.1) is 10.2 Å². The zero-order chi connectivity index (χ0) is 17.1. The Morgan fingerprint density at radius 3 is 2.92 bits per heavy atom. The number of hydrogen-bond acceptors (Lipinski definition) is 7. The van der Waals surface area contributed by atoms with Gasteiger partial charge in [0.1, 0.15) is 5.75 Å². The molecule has 1 unspecified atom stereocenters. The van der Waals surface area contributed by atoms with Crippen LogP contribution < -0.4 is 15.4 Å². The summed E-state index contributed by atoms with van der Waals surface area (Å²) in [6.45, 7) is 3.83. The first kappa shape index (κ1) is 17.0. The molecule has 8 heteroatoms. The van der Waals surface area contributed by atoms with Crippen molar-refractivity contribution in [2.24, 2.45) is 0 Å². The van der Waals surface area contributed by atoms with Gasteiger partial charge in [-0.3, -0.25) is 4.79 Å². The Morgan fingerprint density at radius 1 is 1.42 bits per heavy atom. The number of carbonyl (C=O) groups is 1. The smallest absolute Gasteiger partial charge is 0.237 e. The van der Waals surface area contributed by atoms with Crippen molar-refractivity contribution < 1.29 is 9.53 Å². The lowest BCUT2D eigenvalue weighted by molar-refractivity contribution is -0.115. The second-order valence-electron chi connectivity index (χ2n) is 5.74. The summed E-state index contributed by atoms with van der Waals surface area (Å²) in [6, 6.07) is 6.24. The minimum atomic E-state index is -0.281. The maximum absolute atomic E-state index is 12.4. The number of anilines is 2. The highest BCUT2D eigenvalue weighted by Gasteiger charge is 2.23. The summed E-state index contributed by atoms with van der Waals surface area (Å²) in [7, 11) is 1.59. The molecular weight excluding hydrogens is 344 g/mol. The van der Waals surface area contributed by atoms with Gasteiger partial charge in [0.15, 0.2) is 4.34 Å². The molecule has 1 fully saturated rings. The maximum Gasteiger partial charge on any atom is 0.237 e. The number of nitrogens with one attached hydrogen (secondary N) is 2. The van der Waals surface area contributed by atoms with Gasteiger partial charge in [-0.1, -0.05) is 29.2 Å². The van der Waals surface area contributed by atoms with Crippen LogP contribution in [0.2, 0.25) is 0 Å². The maximum atomic E-state index is 12.4. The highest BCUT2D eigenvalue weighted by molar-refractivity contribution is 8.02. The molecule has 24 heavy (non-hydrogen) atoms. The normalized spacial score (nSPS) is 15.0. The molecule has 2 N–H and O–H groups in total. The minimum Gasteiger partial charge on any atom is -0.495 e. The lowest BCUT2D eigenvalue weighted by Gasteiger charge is -2.13. The Kier molecular flexibility index (Phi) is 5.25. The second kappa shape index (κ2) is 7.40. The summed E-state index contributed by atoms with van der Waals surface area (Å²) in [5.74, 6) is 0.564. The van der Waals surface area contributed by atoms with Gasteiger partial charge in [0.2, 0.25) is 11.0 Å². The zero-order valence-corrected chi connectivity index (χ0v) is 15.5. The van der Waals surface area contributed by atoms with E-state index in [1.807, 2.05) is 32.0 Å². The zero-order valence-electron chi connectivity index (χ0n) is 13.8. The van der Waals surface area contributed by atoms with Crippen LogP contribution in [0.1, 0.15) is 25.3 Å². The molecular formula is C16H20N4O2S2. The average Bonchev–Trinajstić information content (AvgIpc) is 3.26. The van der Waals surface area contributed by atoms with E-state index in [0.29, 0.717) is 17.5 Å². The molecule has 0 bridgehead atoms. The van der Waals surface area contributed by atoms with Crippen LogP contribution in [0.15, 0.2) is 22.5 Å². The van der Waals surface area contributed by atoms with Crippen molar-refractivity contribution >= 4 is 39.8 Å². The number of nitrogens with zero attached hydrogens (tertiary/aromatic N) is 2. The predicted octanol–water partition coefficient (Wildman–Crippen LogP) is 3.55. The van der Waals surface area contributed by atoms with Crippen LogP contribution in [0.25, 0.3) is 0 Å². The third kappa shape index (κ3) is 4.39. The highest BCUT2D eigenvalue weighted by Crippen LogP contribution is 2.33. The van der Waals surface area contributed by atoms with Gasteiger partial charge in [0, 0.05) is 6.04 Å². The van der Waals surface area contributed by atoms with Gasteiger partial charge >= 0.3 is 0 Å². The predicted molar refractivity (Wildman–Crippen MR) is 98.2 cm³/mol. The fourth-order valence-electron chi connectivity index (χ4n) is 2.08. The van der Waals surface area contributed by atoms with E-state index in [-0.39, 0.29) is 11.2 Å². The first-order valence-electron chi connectivity index (χ1n) is 7.77. The largest absolute Gasteiger partial charge is 0.495 e. The van der Waals surface area contributed by atoms with Crippen molar-refractivity contribution in [3.63, 3.8) is 0 Å². The fourth-order valence-corrected chi connectivity index (χ4v) is 4.05. The Balaban J connectivity index is 1.60. The van der Waals surface area contributed by atoms with Crippen molar-refractivity contribution in [3.8, 4) is 5.75 Å². The number of aryl methyl sites for hydroxylation is 1. The summed E-state index contributed by atoms with van der Waals surface area (Å²) < 4.78 is 6.08. The molecule has 1 saturated carbocycles. The molecule has 1 atom stereocenters. The summed E-state index contributed by atoms with van der Waals surface area (Å²) in [5, 5.41) is 15.0. The minimum absolute atomic E-state index is 0.0872. The number of carbonyl (C=O) groups excluding carboxylic acids is 1. The average molecular weight is 364 g/mol. The molecule has 6 nitrogen and oxygen atoms in total. The standard InChI is InChI=1S/C16H20N4O2S2/c1-9-4-7-13(22-3)12(8-9)18-14(21)10(2)23-16-20-19-15(24-16)17-11-5-6-11/h4,7-8,10-11H,5-6H2,1-3H3,(H,17,19)(H,18,21). The molecule has 1 amide bonds. The van der Waals surface area contributed by atoms with Gasteiger partial charge in [-0.05, 0) is 44.4 Å². The van der Waals surface area contributed by atoms with Gasteiger partial charge in [-0.2, -0.15) is 0 Å². The molecule has 1 aromatic carbocycles. The number of amides is 1. The molecule has 1 aromatic heterocycles. The van der Waals surface area contributed by atoms with Gasteiger partial charge in [0.05, 0.1) is 18.0 Å². The molecule has 0 aliphatic heterocycles. The van der Waals surface area contributed by atoms with Gasteiger partial charge in [-0.25, -0.2) is 0 Å². The Morgan fingerprint density at radius 2 is 2.21 bits per heavy atom. The van der Waals surface area contributed by atoms with Crippen LogP contribution in [0.5, 0.6) is 5.75 Å². The van der Waals surface area contributed by atoms with E-state index < -0.39 is 0 Å². The van der Waals surface area contributed by atoms with E-state index in [9.17, 15) is 4.79 Å². The number of thioether (sulfide) groups is 1. The molecule has 0 radical (unpaired) electrons. The van der Waals surface area contributed by atoms with E-state index in [4.69, 9.17) is 4.74 Å². The summed E-state index contributed by atoms with van der Waals surface area (Å²) in [4.78, 5) is 12.4. The summed E-state index contributed by atoms with van der Waals surface area (Å²) >= 11 is 2.90. The van der Waals surface area contributed by atoms with Crippen molar-refractivity contribution in [1.29, 1.82) is 0 Å². The topological polar surface area (TPSA) is 76.1 Å². The first-order chi connectivity index (χ1) is 11.5. The molecule has 1 aliphatic rings. The monoisotopic (exact) mass is 364 g/mol. The van der Waals surface area contributed by atoms with Gasteiger partial charge < -0.3 is 15.4 Å². The number of ether oxygens (including phenoxy) is 1. The van der Waals surface area contributed by atoms with Crippen LogP contribution in [0.3, 0.4) is 0 Å². The Labute approximate surface area is 149 Å². The van der Waals surface area contributed by atoms with E-state index >= 15 is 0 Å². The van der Waals surface area contributed by atoms with Crippen LogP contribution in [-0.4, -0.2) is 34.5 Å². The number of hydrogen-bond donors (Lipinski definition) is 2. The molecule has 1 heterocycles. The molecule has 128 valence electrons. The molecule has 0 spiro atoms. The Bertz CT molecular complexity index is 731. The molecule has 3 rings (SSSR count). The van der Waals surface area contributed by atoms with Crippen LogP contribution in [0.4, 0.5) is 10.8 Å². The lowest BCUT2D eigenvalue weighted by atomic mass is 10.2. The van der Waals surface area contributed by atoms with Gasteiger partial charge in [0.25, 0.3) is 0 Å². The molecule has 1 aliphatic carbocycles. The van der Waals surface area contributed by atoms with Crippen LogP contribution in [-0.2, 0) is 4.79 Å². The van der Waals surface area contributed by atoms with E-state index in [0.717, 1.165) is 15.0 Å². The second-order valence-corrected chi connectivity index (χ2v) is 8.31. The number of aromatic nitrogens is 2. The molecule has 2 aromatic rings. The van der Waals surface area contributed by atoms with Crippen LogP contribution in [0, 0.1) is 6.92 Å². The highest BCUT2D eigenvalue weighted by atomic mass is 32.2. The quantitative estimate of drug-likeness (QED) is 0.732. The van der Waals surface area contributed by atoms with Crippen molar-refractivity contribution in [3.05, 3.63) is 23.8 Å². The third-order valence-electron chi connectivity index (χ3n) is 3.57. The summed E-state index contributed by atoms with van der Waals surface area (Å²) in [5.41, 5.74) is 1.75. The first-order valence-corrected chi connectivity index (χ1v) is 9.47. The number of methoxy groups -OCH3 is 1. The fraction of sp³-hybridized carbons (Fsp3) is 0.438. The number of benzene rings is 1. The van der Waals surface area contributed by atoms with E-state index in [2.05, 4.69) is 20.8 Å². The van der Waals surface area contributed by atoms with Crippen LogP contribution >= 0.6 is 23.1 Å². The summed E-state index contributed by atoms with van der Waals surface area (Å²) in [6.07, 6.45) is 2.39. The van der Waals surface area contributed by atoms with E-state index in [1.165, 1.54) is 35.9 Å². The van der Waals surface area contributed by atoms with Crippen molar-refractivity contribution in [2.45, 2.75) is 42.3 Å².